The Bertz CT molecular complexity index is 1350. The molecule has 0 aliphatic heterocycles. The Morgan fingerprint density at radius 2 is 1.88 bits per heavy atom. The normalized spacial score (nSPS) is 11.0. The van der Waals surface area contributed by atoms with Crippen LogP contribution in [0.3, 0.4) is 0 Å². The summed E-state index contributed by atoms with van der Waals surface area (Å²) in [6.45, 7) is 0. The van der Waals surface area contributed by atoms with Gasteiger partial charge in [0.2, 0.25) is 0 Å². The molecule has 0 radical (unpaired) electrons. The number of phenolic OH excluding ortho intramolecular Hbond substituents is 1. The number of ether oxygens (including phenoxy) is 1. The number of hydrogen-bond acceptors (Lipinski definition) is 6. The highest BCUT2D eigenvalue weighted by Crippen LogP contribution is 2.29. The smallest absolute Gasteiger partial charge is 0.271 e. The summed E-state index contributed by atoms with van der Waals surface area (Å²) in [5.41, 5.74) is 3.81. The summed E-state index contributed by atoms with van der Waals surface area (Å²) < 4.78 is 6.44. The van der Waals surface area contributed by atoms with E-state index in [4.69, 9.17) is 16.3 Å². The first-order chi connectivity index (χ1) is 15.9. The molecule has 33 heavy (non-hydrogen) atoms. The topological polar surface area (TPSA) is 100 Å². The number of methoxy groups -OCH3 is 1. The van der Waals surface area contributed by atoms with E-state index >= 15 is 0 Å². The van der Waals surface area contributed by atoms with Crippen LogP contribution in [-0.4, -0.2) is 30.2 Å². The first kappa shape index (κ1) is 22.3. The number of halogens is 1. The number of aromatic hydroxyl groups is 1. The van der Waals surface area contributed by atoms with Crippen LogP contribution >= 0.6 is 22.9 Å². The number of hydrazone groups is 1. The van der Waals surface area contributed by atoms with Crippen molar-refractivity contribution < 1.29 is 19.4 Å². The Morgan fingerprint density at radius 1 is 1.06 bits per heavy atom. The molecule has 7 nitrogen and oxygen atoms in total. The van der Waals surface area contributed by atoms with Crippen molar-refractivity contribution >= 4 is 56.7 Å². The number of nitrogens with zero attached hydrogens (tertiary/aromatic N) is 1. The van der Waals surface area contributed by atoms with Gasteiger partial charge in [-0.15, -0.1) is 11.3 Å². The third kappa shape index (κ3) is 5.14. The summed E-state index contributed by atoms with van der Waals surface area (Å²) in [5.74, 6) is -0.364. The zero-order valence-corrected chi connectivity index (χ0v) is 18.9. The van der Waals surface area contributed by atoms with Crippen LogP contribution in [0.4, 0.5) is 5.69 Å². The lowest BCUT2D eigenvalue weighted by atomic mass is 10.2. The predicted molar refractivity (Wildman–Crippen MR) is 131 cm³/mol. The lowest BCUT2D eigenvalue weighted by Crippen LogP contribution is -2.17. The van der Waals surface area contributed by atoms with E-state index in [1.54, 1.807) is 18.2 Å². The number of nitrogens with one attached hydrogen (secondary N) is 2. The highest BCUT2D eigenvalue weighted by molar-refractivity contribution is 7.20. The maximum absolute atomic E-state index is 12.7. The molecule has 0 unspecified atom stereocenters. The predicted octanol–water partition coefficient (Wildman–Crippen LogP) is 5.29. The average Bonchev–Trinajstić information content (AvgIpc) is 3.26. The number of amides is 2. The monoisotopic (exact) mass is 479 g/mol. The third-order valence-corrected chi connectivity index (χ3v) is 6.13. The maximum Gasteiger partial charge on any atom is 0.271 e. The zero-order valence-electron chi connectivity index (χ0n) is 17.3. The average molecular weight is 480 g/mol. The van der Waals surface area contributed by atoms with E-state index in [-0.39, 0.29) is 22.2 Å². The fourth-order valence-electron chi connectivity index (χ4n) is 3.05. The van der Waals surface area contributed by atoms with E-state index in [0.29, 0.717) is 21.9 Å². The minimum absolute atomic E-state index is 0.0737. The van der Waals surface area contributed by atoms with Gasteiger partial charge in [0.05, 0.1) is 28.9 Å². The van der Waals surface area contributed by atoms with Crippen LogP contribution in [-0.2, 0) is 0 Å². The molecule has 0 atom stereocenters. The van der Waals surface area contributed by atoms with Gasteiger partial charge in [-0.05, 0) is 53.4 Å². The van der Waals surface area contributed by atoms with E-state index < -0.39 is 5.91 Å². The standard InChI is InChI=1S/C24H18ClN3O4S/c1-32-20-10-14(13-26-28-23(30)16-7-9-19(29)17(25)11-16)6-8-18(20)27-24(31)22-12-15-4-2-3-5-21(15)33-22/h2-13,29H,1H3,(H,27,31)(H,28,30)/b26-13+. The van der Waals surface area contributed by atoms with Crippen molar-refractivity contribution in [3.8, 4) is 11.5 Å². The molecule has 1 aromatic heterocycles. The summed E-state index contributed by atoms with van der Waals surface area (Å²) in [7, 11) is 1.50. The van der Waals surface area contributed by atoms with Crippen molar-refractivity contribution in [1.82, 2.24) is 5.43 Å². The number of phenols is 1. The number of carbonyl (C=O) groups is 2. The Balaban J connectivity index is 1.44. The minimum Gasteiger partial charge on any atom is -0.506 e. The number of thiophene rings is 1. The molecular weight excluding hydrogens is 462 g/mol. The molecule has 0 saturated heterocycles. The molecule has 0 aliphatic rings. The summed E-state index contributed by atoms with van der Waals surface area (Å²) in [6, 6.07) is 18.9. The molecule has 4 aromatic rings. The van der Waals surface area contributed by atoms with Crippen molar-refractivity contribution in [2.24, 2.45) is 5.10 Å². The van der Waals surface area contributed by atoms with E-state index in [9.17, 15) is 14.7 Å². The fraction of sp³-hybridized carbons (Fsp3) is 0.0417. The van der Waals surface area contributed by atoms with Crippen molar-refractivity contribution in [2.45, 2.75) is 0 Å². The van der Waals surface area contributed by atoms with Crippen molar-refractivity contribution in [1.29, 1.82) is 0 Å². The Labute approximate surface area is 198 Å². The second-order valence-electron chi connectivity index (χ2n) is 6.93. The molecule has 9 heteroatoms. The van der Waals surface area contributed by atoms with Crippen LogP contribution in [0.5, 0.6) is 11.5 Å². The van der Waals surface area contributed by atoms with E-state index in [0.717, 1.165) is 10.1 Å². The van der Waals surface area contributed by atoms with Gasteiger partial charge in [0.25, 0.3) is 11.8 Å². The van der Waals surface area contributed by atoms with Gasteiger partial charge >= 0.3 is 0 Å². The van der Waals surface area contributed by atoms with Crippen LogP contribution in [0.1, 0.15) is 25.6 Å². The number of benzene rings is 3. The van der Waals surface area contributed by atoms with Crippen LogP contribution in [0, 0.1) is 0 Å². The highest BCUT2D eigenvalue weighted by atomic mass is 35.5. The second kappa shape index (κ2) is 9.72. The minimum atomic E-state index is -0.479. The SMILES string of the molecule is COc1cc(/C=N/NC(=O)c2ccc(O)c(Cl)c2)ccc1NC(=O)c1cc2ccccc2s1. The lowest BCUT2D eigenvalue weighted by Gasteiger charge is -2.10. The molecule has 1 heterocycles. The van der Waals surface area contributed by atoms with Crippen LogP contribution in [0.25, 0.3) is 10.1 Å². The van der Waals surface area contributed by atoms with Crippen LogP contribution in [0.15, 0.2) is 71.8 Å². The first-order valence-corrected chi connectivity index (χ1v) is 10.9. The van der Waals surface area contributed by atoms with E-state index in [1.165, 1.54) is 42.9 Å². The van der Waals surface area contributed by atoms with Gasteiger partial charge in [0, 0.05) is 10.3 Å². The summed E-state index contributed by atoms with van der Waals surface area (Å²) in [6.07, 6.45) is 1.44. The Hall–Kier alpha value is -3.88. The molecular formula is C24H18ClN3O4S. The third-order valence-electron chi connectivity index (χ3n) is 4.71. The van der Waals surface area contributed by atoms with Gasteiger partial charge in [0.1, 0.15) is 11.5 Å². The Morgan fingerprint density at radius 3 is 2.64 bits per heavy atom. The molecule has 2 amide bonds. The first-order valence-electron chi connectivity index (χ1n) is 9.74. The zero-order chi connectivity index (χ0) is 23.4. The summed E-state index contributed by atoms with van der Waals surface area (Å²) in [5, 5.41) is 17.3. The number of carbonyl (C=O) groups excluding carboxylic acids is 2. The number of fused-ring (bicyclic) bond motifs is 1. The van der Waals surface area contributed by atoms with Crippen LogP contribution < -0.4 is 15.5 Å². The summed E-state index contributed by atoms with van der Waals surface area (Å²) in [4.78, 5) is 25.5. The maximum atomic E-state index is 12.7. The number of rotatable bonds is 6. The molecule has 0 fully saturated rings. The molecule has 3 N–H and O–H groups in total. The molecule has 0 bridgehead atoms. The van der Waals surface area contributed by atoms with Gasteiger partial charge in [0.15, 0.2) is 0 Å². The second-order valence-corrected chi connectivity index (χ2v) is 8.42. The molecule has 0 aliphatic carbocycles. The largest absolute Gasteiger partial charge is 0.506 e. The lowest BCUT2D eigenvalue weighted by molar-refractivity contribution is 0.0954. The number of anilines is 1. The van der Waals surface area contributed by atoms with Crippen molar-refractivity contribution in [2.75, 3.05) is 12.4 Å². The van der Waals surface area contributed by atoms with Crippen LogP contribution in [0.2, 0.25) is 5.02 Å². The van der Waals surface area contributed by atoms with Gasteiger partial charge in [-0.3, -0.25) is 9.59 Å². The van der Waals surface area contributed by atoms with Crippen molar-refractivity contribution in [3.63, 3.8) is 0 Å². The van der Waals surface area contributed by atoms with Gasteiger partial charge < -0.3 is 15.2 Å². The fourth-order valence-corrected chi connectivity index (χ4v) is 4.19. The molecule has 3 aromatic carbocycles. The van der Waals surface area contributed by atoms with Gasteiger partial charge in [-0.1, -0.05) is 35.9 Å². The highest BCUT2D eigenvalue weighted by Gasteiger charge is 2.13. The van der Waals surface area contributed by atoms with Gasteiger partial charge in [-0.25, -0.2) is 5.43 Å². The number of hydrogen-bond donors (Lipinski definition) is 3. The van der Waals surface area contributed by atoms with Crippen molar-refractivity contribution in [3.05, 3.63) is 87.8 Å². The molecule has 166 valence electrons. The van der Waals surface area contributed by atoms with Gasteiger partial charge in [-0.2, -0.15) is 5.10 Å². The summed E-state index contributed by atoms with van der Waals surface area (Å²) >= 11 is 7.24. The van der Waals surface area contributed by atoms with E-state index in [2.05, 4.69) is 15.8 Å². The quantitative estimate of drug-likeness (QED) is 0.258. The molecule has 0 saturated carbocycles. The molecule has 4 rings (SSSR count). The van der Waals surface area contributed by atoms with E-state index in [1.807, 2.05) is 30.3 Å². The molecule has 0 spiro atoms. The Kier molecular flexibility index (Phi) is 6.58.